The first-order valence-corrected chi connectivity index (χ1v) is 5.96. The number of anilines is 1. The largest absolute Gasteiger partial charge is 0.494 e. The smallest absolute Gasteiger partial charge is 0.167 e. The Kier molecular flexibility index (Phi) is 3.52. The van der Waals surface area contributed by atoms with Gasteiger partial charge >= 0.3 is 0 Å². The van der Waals surface area contributed by atoms with Gasteiger partial charge in [-0.25, -0.2) is 4.39 Å². The fourth-order valence-corrected chi connectivity index (χ4v) is 2.25. The Labute approximate surface area is 101 Å². The molecule has 0 spiro atoms. The number of hydrogen-bond donors (Lipinski definition) is 1. The van der Waals surface area contributed by atoms with Gasteiger partial charge in [0.15, 0.2) is 11.6 Å². The Balaban J connectivity index is 2.15. The monoisotopic (exact) mass is 238 g/mol. The number of piperidine rings is 1. The molecule has 1 aliphatic heterocycles. The van der Waals surface area contributed by atoms with Crippen molar-refractivity contribution in [3.63, 3.8) is 0 Å². The van der Waals surface area contributed by atoms with Crippen molar-refractivity contribution in [3.8, 4) is 5.75 Å². The standard InChI is InChI=1S/C13H19FN2O/c1-9-8-16(6-5-12(9)15)10-3-4-13(17-2)11(14)7-10/h3-4,7,9,12H,5-6,8,15H2,1-2H3. The van der Waals surface area contributed by atoms with Crippen molar-refractivity contribution in [3.05, 3.63) is 24.0 Å². The van der Waals surface area contributed by atoms with E-state index in [2.05, 4.69) is 11.8 Å². The molecule has 4 heteroatoms. The molecule has 0 radical (unpaired) electrons. The molecule has 2 unspecified atom stereocenters. The van der Waals surface area contributed by atoms with Crippen LogP contribution >= 0.6 is 0 Å². The van der Waals surface area contributed by atoms with E-state index in [1.165, 1.54) is 13.2 Å². The van der Waals surface area contributed by atoms with Crippen molar-refractivity contribution >= 4 is 5.69 Å². The second-order valence-electron chi connectivity index (χ2n) is 4.69. The van der Waals surface area contributed by atoms with Crippen LogP contribution in [0.15, 0.2) is 18.2 Å². The lowest BCUT2D eigenvalue weighted by Crippen LogP contribution is -2.46. The van der Waals surface area contributed by atoms with Gasteiger partial charge in [-0.05, 0) is 24.5 Å². The van der Waals surface area contributed by atoms with E-state index < -0.39 is 0 Å². The van der Waals surface area contributed by atoms with Gasteiger partial charge in [-0.3, -0.25) is 0 Å². The average Bonchev–Trinajstić information content (AvgIpc) is 2.32. The first-order valence-electron chi connectivity index (χ1n) is 5.96. The predicted octanol–water partition coefficient (Wildman–Crippen LogP) is 2.01. The molecule has 1 aromatic carbocycles. The Hall–Kier alpha value is -1.29. The number of nitrogens with two attached hydrogens (primary N) is 1. The second-order valence-corrected chi connectivity index (χ2v) is 4.69. The molecule has 1 aromatic rings. The maximum absolute atomic E-state index is 13.6. The lowest BCUT2D eigenvalue weighted by Gasteiger charge is -2.36. The van der Waals surface area contributed by atoms with Gasteiger partial charge in [-0.2, -0.15) is 0 Å². The van der Waals surface area contributed by atoms with Crippen molar-refractivity contribution in [2.24, 2.45) is 11.7 Å². The molecule has 94 valence electrons. The minimum atomic E-state index is -0.312. The number of ether oxygens (including phenoxy) is 1. The van der Waals surface area contributed by atoms with Crippen LogP contribution in [0.5, 0.6) is 5.75 Å². The summed E-state index contributed by atoms with van der Waals surface area (Å²) in [6.07, 6.45) is 0.953. The molecular formula is C13H19FN2O. The van der Waals surface area contributed by atoms with Gasteiger partial charge in [0, 0.05) is 30.9 Å². The lowest BCUT2D eigenvalue weighted by molar-refractivity contribution is 0.379. The highest BCUT2D eigenvalue weighted by atomic mass is 19.1. The topological polar surface area (TPSA) is 38.5 Å². The predicted molar refractivity (Wildman–Crippen MR) is 66.9 cm³/mol. The first-order chi connectivity index (χ1) is 8.11. The number of rotatable bonds is 2. The molecule has 3 nitrogen and oxygen atoms in total. The number of nitrogens with zero attached hydrogens (tertiary/aromatic N) is 1. The summed E-state index contributed by atoms with van der Waals surface area (Å²) in [5, 5.41) is 0. The van der Waals surface area contributed by atoms with E-state index in [1.807, 2.05) is 6.07 Å². The maximum atomic E-state index is 13.6. The van der Waals surface area contributed by atoms with Crippen molar-refractivity contribution in [2.45, 2.75) is 19.4 Å². The highest BCUT2D eigenvalue weighted by molar-refractivity contribution is 5.50. The molecule has 1 aliphatic rings. The fourth-order valence-electron chi connectivity index (χ4n) is 2.25. The van der Waals surface area contributed by atoms with E-state index in [9.17, 15) is 4.39 Å². The van der Waals surface area contributed by atoms with Gasteiger partial charge in [0.05, 0.1) is 7.11 Å². The number of hydrogen-bond acceptors (Lipinski definition) is 3. The molecule has 2 rings (SSSR count). The maximum Gasteiger partial charge on any atom is 0.167 e. The van der Waals surface area contributed by atoms with Crippen LogP contribution in [-0.4, -0.2) is 26.2 Å². The van der Waals surface area contributed by atoms with Crippen LogP contribution < -0.4 is 15.4 Å². The van der Waals surface area contributed by atoms with Crippen LogP contribution in [0.1, 0.15) is 13.3 Å². The highest BCUT2D eigenvalue weighted by Gasteiger charge is 2.23. The molecule has 0 amide bonds. The third-order valence-corrected chi connectivity index (χ3v) is 3.47. The van der Waals surface area contributed by atoms with Gasteiger partial charge in [-0.1, -0.05) is 6.92 Å². The number of benzene rings is 1. The fraction of sp³-hybridized carbons (Fsp3) is 0.538. The summed E-state index contributed by atoms with van der Waals surface area (Å²) < 4.78 is 18.5. The quantitative estimate of drug-likeness (QED) is 0.856. The van der Waals surface area contributed by atoms with Crippen LogP contribution in [0.25, 0.3) is 0 Å². The zero-order chi connectivity index (χ0) is 12.4. The van der Waals surface area contributed by atoms with Crippen LogP contribution in [-0.2, 0) is 0 Å². The zero-order valence-electron chi connectivity index (χ0n) is 10.3. The van der Waals surface area contributed by atoms with E-state index in [-0.39, 0.29) is 17.6 Å². The van der Waals surface area contributed by atoms with Gasteiger partial charge in [0.25, 0.3) is 0 Å². The Bertz CT molecular complexity index is 397. The van der Waals surface area contributed by atoms with Crippen LogP contribution in [0.3, 0.4) is 0 Å². The van der Waals surface area contributed by atoms with E-state index in [0.717, 1.165) is 25.2 Å². The van der Waals surface area contributed by atoms with Crippen molar-refractivity contribution in [1.82, 2.24) is 0 Å². The minimum Gasteiger partial charge on any atom is -0.494 e. The number of methoxy groups -OCH3 is 1. The normalized spacial score (nSPS) is 24.8. The highest BCUT2D eigenvalue weighted by Crippen LogP contribution is 2.26. The molecule has 1 heterocycles. The Morgan fingerprint density at radius 3 is 2.82 bits per heavy atom. The summed E-state index contributed by atoms with van der Waals surface area (Å²) in [5.74, 6) is 0.414. The molecule has 0 saturated carbocycles. The summed E-state index contributed by atoms with van der Waals surface area (Å²) >= 11 is 0. The molecule has 0 aliphatic carbocycles. The van der Waals surface area contributed by atoms with Crippen LogP contribution in [0.2, 0.25) is 0 Å². The van der Waals surface area contributed by atoms with E-state index in [1.54, 1.807) is 6.07 Å². The minimum absolute atomic E-state index is 0.259. The van der Waals surface area contributed by atoms with Gasteiger partial charge in [0.1, 0.15) is 0 Å². The SMILES string of the molecule is COc1ccc(N2CCC(N)C(C)C2)cc1F. The van der Waals surface area contributed by atoms with E-state index in [4.69, 9.17) is 10.5 Å². The first kappa shape index (κ1) is 12.2. The summed E-state index contributed by atoms with van der Waals surface area (Å²) in [7, 11) is 1.47. The molecule has 2 atom stereocenters. The molecule has 0 bridgehead atoms. The van der Waals surface area contributed by atoms with Crippen LogP contribution in [0, 0.1) is 11.7 Å². The van der Waals surface area contributed by atoms with Crippen LogP contribution in [0.4, 0.5) is 10.1 Å². The van der Waals surface area contributed by atoms with Crippen molar-refractivity contribution in [1.29, 1.82) is 0 Å². The van der Waals surface area contributed by atoms with Gasteiger partial charge in [0.2, 0.25) is 0 Å². The number of halogens is 1. The van der Waals surface area contributed by atoms with Crippen molar-refractivity contribution in [2.75, 3.05) is 25.1 Å². The summed E-state index contributed by atoms with van der Waals surface area (Å²) in [6.45, 7) is 3.90. The van der Waals surface area contributed by atoms with E-state index >= 15 is 0 Å². The average molecular weight is 238 g/mol. The molecule has 0 aromatic heterocycles. The molecule has 17 heavy (non-hydrogen) atoms. The van der Waals surface area contributed by atoms with Crippen molar-refractivity contribution < 1.29 is 9.13 Å². The third-order valence-electron chi connectivity index (χ3n) is 3.47. The molecular weight excluding hydrogens is 219 g/mol. The second kappa shape index (κ2) is 4.92. The van der Waals surface area contributed by atoms with Gasteiger partial charge in [-0.15, -0.1) is 0 Å². The summed E-state index contributed by atoms with van der Waals surface area (Å²) in [4.78, 5) is 2.18. The Morgan fingerprint density at radius 1 is 1.47 bits per heavy atom. The van der Waals surface area contributed by atoms with E-state index in [0.29, 0.717) is 5.92 Å². The molecule has 1 saturated heterocycles. The zero-order valence-corrected chi connectivity index (χ0v) is 10.3. The third kappa shape index (κ3) is 2.52. The molecule has 2 N–H and O–H groups in total. The Morgan fingerprint density at radius 2 is 2.24 bits per heavy atom. The lowest BCUT2D eigenvalue weighted by atomic mass is 9.94. The summed E-state index contributed by atoms with van der Waals surface area (Å²) in [6, 6.07) is 5.35. The summed E-state index contributed by atoms with van der Waals surface area (Å²) in [5.41, 5.74) is 6.88. The molecule has 1 fully saturated rings. The van der Waals surface area contributed by atoms with Gasteiger partial charge < -0.3 is 15.4 Å².